The first-order chi connectivity index (χ1) is 9.80. The average Bonchev–Trinajstić information content (AvgIpc) is 2.48. The Kier molecular flexibility index (Phi) is 8.66. The lowest BCUT2D eigenvalue weighted by molar-refractivity contribution is 0.127. The van der Waals surface area contributed by atoms with Gasteiger partial charge in [-0.05, 0) is 13.3 Å². The summed E-state index contributed by atoms with van der Waals surface area (Å²) >= 11 is 0. The lowest BCUT2D eigenvalue weighted by Gasteiger charge is -2.09. The number of hydrazine groups is 1. The second-order valence-electron chi connectivity index (χ2n) is 4.55. The van der Waals surface area contributed by atoms with Gasteiger partial charge in [0.05, 0.1) is 6.61 Å². The molecule has 6 nitrogen and oxygen atoms in total. The third-order valence-corrected chi connectivity index (χ3v) is 2.83. The number of nitrogens with zero attached hydrogens (tertiary/aromatic N) is 2. The SMILES string of the molecule is CCCCCCCOc1cc(NN)nc(COCC)n1. The first kappa shape index (κ1) is 16.7. The van der Waals surface area contributed by atoms with Gasteiger partial charge in [-0.25, -0.2) is 10.8 Å². The van der Waals surface area contributed by atoms with Crippen molar-refractivity contribution in [2.75, 3.05) is 18.6 Å². The van der Waals surface area contributed by atoms with Crippen LogP contribution in [-0.4, -0.2) is 23.2 Å². The van der Waals surface area contributed by atoms with Crippen LogP contribution in [0.25, 0.3) is 0 Å². The minimum absolute atomic E-state index is 0.360. The first-order valence-corrected chi connectivity index (χ1v) is 7.35. The number of anilines is 1. The summed E-state index contributed by atoms with van der Waals surface area (Å²) in [5, 5.41) is 0. The Morgan fingerprint density at radius 3 is 2.65 bits per heavy atom. The van der Waals surface area contributed by atoms with Gasteiger partial charge in [0.2, 0.25) is 5.88 Å². The highest BCUT2D eigenvalue weighted by Crippen LogP contribution is 2.14. The number of rotatable bonds is 11. The monoisotopic (exact) mass is 282 g/mol. The summed E-state index contributed by atoms with van der Waals surface area (Å²) in [6, 6.07) is 1.70. The van der Waals surface area contributed by atoms with E-state index in [9.17, 15) is 0 Å². The molecule has 0 aliphatic heterocycles. The Labute approximate surface area is 121 Å². The largest absolute Gasteiger partial charge is 0.478 e. The minimum atomic E-state index is 0.360. The van der Waals surface area contributed by atoms with Gasteiger partial charge in [-0.15, -0.1) is 0 Å². The van der Waals surface area contributed by atoms with E-state index in [1.807, 2.05) is 6.92 Å². The highest BCUT2D eigenvalue weighted by Gasteiger charge is 2.05. The van der Waals surface area contributed by atoms with Crippen LogP contribution < -0.4 is 16.0 Å². The van der Waals surface area contributed by atoms with E-state index in [-0.39, 0.29) is 0 Å². The lowest BCUT2D eigenvalue weighted by atomic mass is 10.2. The molecule has 114 valence electrons. The third kappa shape index (κ3) is 6.68. The molecule has 0 amide bonds. The van der Waals surface area contributed by atoms with Gasteiger partial charge in [0.1, 0.15) is 12.4 Å². The lowest BCUT2D eigenvalue weighted by Crippen LogP contribution is -2.12. The maximum atomic E-state index is 5.65. The molecule has 0 radical (unpaired) electrons. The smallest absolute Gasteiger partial charge is 0.218 e. The van der Waals surface area contributed by atoms with Gasteiger partial charge in [0, 0.05) is 12.7 Å². The van der Waals surface area contributed by atoms with Crippen molar-refractivity contribution in [2.45, 2.75) is 52.6 Å². The molecule has 0 unspecified atom stereocenters. The molecule has 0 saturated heterocycles. The minimum Gasteiger partial charge on any atom is -0.478 e. The Morgan fingerprint density at radius 1 is 1.15 bits per heavy atom. The van der Waals surface area contributed by atoms with Crippen LogP contribution in [0.1, 0.15) is 51.8 Å². The fourth-order valence-corrected chi connectivity index (χ4v) is 1.76. The Hall–Kier alpha value is -1.40. The molecule has 20 heavy (non-hydrogen) atoms. The third-order valence-electron chi connectivity index (χ3n) is 2.83. The number of hydrogen-bond donors (Lipinski definition) is 2. The zero-order valence-corrected chi connectivity index (χ0v) is 12.5. The van der Waals surface area contributed by atoms with E-state index in [4.69, 9.17) is 15.3 Å². The highest BCUT2D eigenvalue weighted by molar-refractivity contribution is 5.36. The summed E-state index contributed by atoms with van der Waals surface area (Å²) in [7, 11) is 0. The van der Waals surface area contributed by atoms with Gasteiger partial charge in [-0.3, -0.25) is 0 Å². The Balaban J connectivity index is 2.42. The maximum Gasteiger partial charge on any atom is 0.218 e. The van der Waals surface area contributed by atoms with E-state index in [1.54, 1.807) is 6.07 Å². The molecular formula is C14H26N4O2. The quantitative estimate of drug-likeness (QED) is 0.369. The predicted octanol–water partition coefficient (Wildman–Crippen LogP) is 2.65. The summed E-state index contributed by atoms with van der Waals surface area (Å²) in [5.41, 5.74) is 2.52. The summed E-state index contributed by atoms with van der Waals surface area (Å²) in [5.74, 6) is 7.04. The van der Waals surface area contributed by atoms with Crippen LogP contribution in [0, 0.1) is 0 Å². The van der Waals surface area contributed by atoms with Crippen molar-refractivity contribution in [3.05, 3.63) is 11.9 Å². The van der Waals surface area contributed by atoms with Crippen LogP contribution in [0.4, 0.5) is 5.82 Å². The standard InChI is InChI=1S/C14H26N4O2/c1-3-5-6-7-8-9-20-14-10-12(18-15)16-13(17-14)11-19-4-2/h10H,3-9,11,15H2,1-2H3,(H,16,17,18). The van der Waals surface area contributed by atoms with Gasteiger partial charge >= 0.3 is 0 Å². The van der Waals surface area contributed by atoms with Crippen molar-refractivity contribution in [3.8, 4) is 5.88 Å². The van der Waals surface area contributed by atoms with E-state index in [1.165, 1.54) is 25.7 Å². The number of ether oxygens (including phenoxy) is 2. The summed E-state index contributed by atoms with van der Waals surface area (Å²) < 4.78 is 10.9. The molecule has 3 N–H and O–H groups in total. The van der Waals surface area contributed by atoms with Crippen molar-refractivity contribution in [2.24, 2.45) is 5.84 Å². The van der Waals surface area contributed by atoms with Crippen molar-refractivity contribution in [1.29, 1.82) is 0 Å². The zero-order chi connectivity index (χ0) is 14.6. The van der Waals surface area contributed by atoms with Crippen LogP contribution in [-0.2, 0) is 11.3 Å². The van der Waals surface area contributed by atoms with Gasteiger partial charge in [-0.1, -0.05) is 32.6 Å². The molecule has 1 rings (SSSR count). The summed E-state index contributed by atoms with van der Waals surface area (Å²) in [6.45, 7) is 5.78. The summed E-state index contributed by atoms with van der Waals surface area (Å²) in [4.78, 5) is 8.50. The zero-order valence-electron chi connectivity index (χ0n) is 12.5. The normalized spacial score (nSPS) is 10.6. The molecule has 6 heteroatoms. The van der Waals surface area contributed by atoms with E-state index in [0.717, 1.165) is 6.42 Å². The molecule has 0 bridgehead atoms. The Morgan fingerprint density at radius 2 is 1.95 bits per heavy atom. The number of hydrogen-bond acceptors (Lipinski definition) is 6. The van der Waals surface area contributed by atoms with E-state index in [0.29, 0.717) is 37.3 Å². The Bertz CT molecular complexity index is 374. The molecule has 1 heterocycles. The molecule has 1 aromatic rings. The molecule has 0 spiro atoms. The van der Waals surface area contributed by atoms with Gasteiger partial charge in [0.15, 0.2) is 5.82 Å². The second-order valence-corrected chi connectivity index (χ2v) is 4.55. The first-order valence-electron chi connectivity index (χ1n) is 7.35. The number of nitrogen functional groups attached to an aromatic ring is 1. The number of aromatic nitrogens is 2. The van der Waals surface area contributed by atoms with Crippen LogP contribution in [0.3, 0.4) is 0 Å². The number of nitrogens with one attached hydrogen (secondary N) is 1. The predicted molar refractivity (Wildman–Crippen MR) is 79.4 cm³/mol. The van der Waals surface area contributed by atoms with E-state index < -0.39 is 0 Å². The molecule has 0 fully saturated rings. The summed E-state index contributed by atoms with van der Waals surface area (Å²) in [6.07, 6.45) is 6.02. The molecule has 0 aliphatic carbocycles. The van der Waals surface area contributed by atoms with Crippen molar-refractivity contribution in [1.82, 2.24) is 9.97 Å². The average molecular weight is 282 g/mol. The molecule has 0 saturated carbocycles. The molecule has 1 aromatic heterocycles. The fraction of sp³-hybridized carbons (Fsp3) is 0.714. The number of nitrogens with two attached hydrogens (primary N) is 1. The number of unbranched alkanes of at least 4 members (excludes halogenated alkanes) is 4. The molecule has 0 aromatic carbocycles. The van der Waals surface area contributed by atoms with Gasteiger partial charge < -0.3 is 14.9 Å². The van der Waals surface area contributed by atoms with Gasteiger partial charge in [0.25, 0.3) is 0 Å². The van der Waals surface area contributed by atoms with Gasteiger partial charge in [-0.2, -0.15) is 4.98 Å². The molecule has 0 atom stereocenters. The molecular weight excluding hydrogens is 256 g/mol. The fourth-order valence-electron chi connectivity index (χ4n) is 1.76. The maximum absolute atomic E-state index is 5.65. The van der Waals surface area contributed by atoms with Crippen LogP contribution in [0.15, 0.2) is 6.07 Å². The van der Waals surface area contributed by atoms with Crippen LogP contribution in [0.5, 0.6) is 5.88 Å². The van der Waals surface area contributed by atoms with E-state index in [2.05, 4.69) is 22.3 Å². The van der Waals surface area contributed by atoms with Crippen molar-refractivity contribution >= 4 is 5.82 Å². The van der Waals surface area contributed by atoms with E-state index >= 15 is 0 Å². The van der Waals surface area contributed by atoms with Crippen LogP contribution >= 0.6 is 0 Å². The topological polar surface area (TPSA) is 82.3 Å². The van der Waals surface area contributed by atoms with Crippen molar-refractivity contribution in [3.63, 3.8) is 0 Å². The highest BCUT2D eigenvalue weighted by atomic mass is 16.5. The second kappa shape index (κ2) is 10.4. The van der Waals surface area contributed by atoms with Crippen LogP contribution in [0.2, 0.25) is 0 Å². The molecule has 0 aliphatic rings. The van der Waals surface area contributed by atoms with Crippen molar-refractivity contribution < 1.29 is 9.47 Å².